The van der Waals surface area contributed by atoms with Crippen LogP contribution in [0.4, 0.5) is 0 Å². The molecule has 0 bridgehead atoms. The van der Waals surface area contributed by atoms with E-state index in [0.29, 0.717) is 6.04 Å². The van der Waals surface area contributed by atoms with Crippen molar-refractivity contribution in [2.75, 3.05) is 53.5 Å². The zero-order chi connectivity index (χ0) is 17.6. The minimum absolute atomic E-state index is 0.0298. The van der Waals surface area contributed by atoms with Crippen LogP contribution in [0.5, 0.6) is 0 Å². The lowest BCUT2D eigenvalue weighted by atomic mass is 10.0. The van der Waals surface area contributed by atoms with Crippen LogP contribution in [0.2, 0.25) is 0 Å². The first kappa shape index (κ1) is 18.3. The molecule has 0 aliphatic carbocycles. The largest absolute Gasteiger partial charge is 0.381 e. The van der Waals surface area contributed by atoms with E-state index in [2.05, 4.69) is 26.9 Å². The van der Waals surface area contributed by atoms with E-state index in [-0.39, 0.29) is 11.8 Å². The zero-order valence-corrected chi connectivity index (χ0v) is 15.4. The molecule has 3 heterocycles. The summed E-state index contributed by atoms with van der Waals surface area (Å²) in [4.78, 5) is 23.5. The highest BCUT2D eigenvalue weighted by Gasteiger charge is 2.32. The standard InChI is InChI=1S/C19H30N4O2/c1-21(2)19(24)17-14-22(13-16-3-7-20-8-4-16)9-10-23(15-17)18-5-11-25-12-6-18/h3-4,7-8,17-18H,5-6,9-15H2,1-2H3/t17-/m0/s1. The van der Waals surface area contributed by atoms with Crippen LogP contribution >= 0.6 is 0 Å². The highest BCUT2D eigenvalue weighted by Crippen LogP contribution is 2.21. The van der Waals surface area contributed by atoms with E-state index in [4.69, 9.17) is 4.74 Å². The molecular formula is C19H30N4O2. The van der Waals surface area contributed by atoms with E-state index in [9.17, 15) is 4.79 Å². The zero-order valence-electron chi connectivity index (χ0n) is 15.4. The molecule has 2 fully saturated rings. The summed E-state index contributed by atoms with van der Waals surface area (Å²) in [7, 11) is 3.72. The van der Waals surface area contributed by atoms with E-state index < -0.39 is 0 Å². The molecule has 0 radical (unpaired) electrons. The van der Waals surface area contributed by atoms with Gasteiger partial charge < -0.3 is 9.64 Å². The van der Waals surface area contributed by atoms with Crippen LogP contribution in [0.3, 0.4) is 0 Å². The molecule has 6 heteroatoms. The second-order valence-corrected chi connectivity index (χ2v) is 7.36. The molecule has 25 heavy (non-hydrogen) atoms. The maximum atomic E-state index is 12.7. The lowest BCUT2D eigenvalue weighted by molar-refractivity contribution is -0.134. The van der Waals surface area contributed by atoms with Crippen molar-refractivity contribution < 1.29 is 9.53 Å². The number of carbonyl (C=O) groups is 1. The first-order valence-electron chi connectivity index (χ1n) is 9.27. The number of ether oxygens (including phenoxy) is 1. The van der Waals surface area contributed by atoms with Crippen molar-refractivity contribution in [3.8, 4) is 0 Å². The first-order valence-corrected chi connectivity index (χ1v) is 9.27. The van der Waals surface area contributed by atoms with E-state index in [1.807, 2.05) is 26.5 Å². The summed E-state index contributed by atoms with van der Waals surface area (Å²) in [5.41, 5.74) is 1.26. The van der Waals surface area contributed by atoms with Crippen molar-refractivity contribution in [3.05, 3.63) is 30.1 Å². The second-order valence-electron chi connectivity index (χ2n) is 7.36. The predicted octanol–water partition coefficient (Wildman–Crippen LogP) is 1.08. The fraction of sp³-hybridized carbons (Fsp3) is 0.684. The smallest absolute Gasteiger partial charge is 0.227 e. The lowest BCUT2D eigenvalue weighted by Crippen LogP contribution is -2.45. The summed E-state index contributed by atoms with van der Waals surface area (Å²) in [6.07, 6.45) is 5.83. The van der Waals surface area contributed by atoms with Crippen molar-refractivity contribution in [2.24, 2.45) is 5.92 Å². The van der Waals surface area contributed by atoms with Gasteiger partial charge >= 0.3 is 0 Å². The summed E-state index contributed by atoms with van der Waals surface area (Å²) in [5, 5.41) is 0. The van der Waals surface area contributed by atoms with Crippen LogP contribution in [0.1, 0.15) is 18.4 Å². The van der Waals surface area contributed by atoms with Gasteiger partial charge in [0.25, 0.3) is 0 Å². The van der Waals surface area contributed by atoms with Crippen LogP contribution in [0, 0.1) is 5.92 Å². The van der Waals surface area contributed by atoms with E-state index in [0.717, 1.165) is 58.8 Å². The van der Waals surface area contributed by atoms with Crippen LogP contribution in [-0.2, 0) is 16.1 Å². The van der Waals surface area contributed by atoms with Crippen LogP contribution in [0.25, 0.3) is 0 Å². The van der Waals surface area contributed by atoms with E-state index in [1.54, 1.807) is 4.90 Å². The predicted molar refractivity (Wildman–Crippen MR) is 97.1 cm³/mol. The van der Waals surface area contributed by atoms with Gasteiger partial charge in [-0.25, -0.2) is 0 Å². The highest BCUT2D eigenvalue weighted by atomic mass is 16.5. The maximum absolute atomic E-state index is 12.7. The number of carbonyl (C=O) groups excluding carboxylic acids is 1. The Bertz CT molecular complexity index is 546. The Labute approximate surface area is 150 Å². The molecule has 0 N–H and O–H groups in total. The summed E-state index contributed by atoms with van der Waals surface area (Å²) in [6, 6.07) is 4.67. The van der Waals surface area contributed by atoms with Gasteiger partial charge in [-0.1, -0.05) is 0 Å². The average Bonchev–Trinajstić information content (AvgIpc) is 2.85. The van der Waals surface area contributed by atoms with Gasteiger partial charge in [0.2, 0.25) is 5.91 Å². The quantitative estimate of drug-likeness (QED) is 0.817. The van der Waals surface area contributed by atoms with Crippen molar-refractivity contribution in [1.82, 2.24) is 19.7 Å². The molecule has 0 aromatic carbocycles. The molecule has 2 aliphatic rings. The van der Waals surface area contributed by atoms with Crippen LogP contribution < -0.4 is 0 Å². The van der Waals surface area contributed by atoms with Crippen molar-refractivity contribution >= 4 is 5.91 Å². The van der Waals surface area contributed by atoms with Gasteiger partial charge in [0.15, 0.2) is 0 Å². The molecule has 2 aliphatic heterocycles. The number of amides is 1. The van der Waals surface area contributed by atoms with Crippen molar-refractivity contribution in [1.29, 1.82) is 0 Å². The molecule has 0 saturated carbocycles. The summed E-state index contributed by atoms with van der Waals surface area (Å²) < 4.78 is 5.52. The number of hydrogen-bond acceptors (Lipinski definition) is 5. The molecular weight excluding hydrogens is 316 g/mol. The third-order valence-electron chi connectivity index (χ3n) is 5.29. The number of nitrogens with zero attached hydrogens (tertiary/aromatic N) is 4. The Hall–Kier alpha value is -1.50. The minimum Gasteiger partial charge on any atom is -0.381 e. The number of rotatable bonds is 4. The molecule has 0 spiro atoms. The van der Waals surface area contributed by atoms with Gasteiger partial charge in [0.05, 0.1) is 5.92 Å². The topological polar surface area (TPSA) is 48.9 Å². The van der Waals surface area contributed by atoms with Gasteiger partial charge in [-0.3, -0.25) is 19.6 Å². The Balaban J connectivity index is 1.70. The molecule has 2 saturated heterocycles. The Morgan fingerprint density at radius 1 is 1.20 bits per heavy atom. The van der Waals surface area contributed by atoms with Gasteiger partial charge in [-0.15, -0.1) is 0 Å². The lowest BCUT2D eigenvalue weighted by Gasteiger charge is -2.34. The molecule has 1 aromatic heterocycles. The van der Waals surface area contributed by atoms with Gasteiger partial charge in [0, 0.05) is 78.5 Å². The molecule has 6 nitrogen and oxygen atoms in total. The highest BCUT2D eigenvalue weighted by molar-refractivity contribution is 5.78. The number of aromatic nitrogens is 1. The SMILES string of the molecule is CN(C)C(=O)[C@H]1CN(Cc2ccncc2)CCN(C2CCOCC2)C1. The second kappa shape index (κ2) is 8.74. The maximum Gasteiger partial charge on any atom is 0.227 e. The molecule has 1 aromatic rings. The van der Waals surface area contributed by atoms with E-state index >= 15 is 0 Å². The van der Waals surface area contributed by atoms with Crippen molar-refractivity contribution in [3.63, 3.8) is 0 Å². The monoisotopic (exact) mass is 346 g/mol. The summed E-state index contributed by atoms with van der Waals surface area (Å²) >= 11 is 0. The molecule has 1 amide bonds. The first-order chi connectivity index (χ1) is 12.1. The Morgan fingerprint density at radius 3 is 2.60 bits per heavy atom. The van der Waals surface area contributed by atoms with Crippen LogP contribution in [-0.4, -0.2) is 85.1 Å². The third-order valence-corrected chi connectivity index (χ3v) is 5.29. The number of pyridine rings is 1. The Kier molecular flexibility index (Phi) is 6.39. The van der Waals surface area contributed by atoms with Crippen molar-refractivity contribution in [2.45, 2.75) is 25.4 Å². The Morgan fingerprint density at radius 2 is 1.92 bits per heavy atom. The molecule has 0 unspecified atom stereocenters. The average molecular weight is 346 g/mol. The normalized spacial score (nSPS) is 24.0. The number of hydrogen-bond donors (Lipinski definition) is 0. The fourth-order valence-corrected chi connectivity index (χ4v) is 3.90. The van der Waals surface area contributed by atoms with E-state index in [1.165, 1.54) is 5.56 Å². The summed E-state index contributed by atoms with van der Waals surface area (Å²) in [6.45, 7) is 6.25. The minimum atomic E-state index is 0.0298. The fourth-order valence-electron chi connectivity index (χ4n) is 3.90. The third kappa shape index (κ3) is 5.00. The van der Waals surface area contributed by atoms with Gasteiger partial charge in [-0.05, 0) is 30.5 Å². The molecule has 1 atom stereocenters. The van der Waals surface area contributed by atoms with Crippen LogP contribution in [0.15, 0.2) is 24.5 Å². The van der Waals surface area contributed by atoms with Gasteiger partial charge in [0.1, 0.15) is 0 Å². The summed E-state index contributed by atoms with van der Waals surface area (Å²) in [5.74, 6) is 0.265. The molecule has 138 valence electrons. The van der Waals surface area contributed by atoms with Gasteiger partial charge in [-0.2, -0.15) is 0 Å². The molecule has 3 rings (SSSR count).